The van der Waals surface area contributed by atoms with Crippen molar-refractivity contribution in [2.24, 2.45) is 0 Å². The fourth-order valence-corrected chi connectivity index (χ4v) is 1.30. The van der Waals surface area contributed by atoms with Crippen LogP contribution < -0.4 is 0 Å². The van der Waals surface area contributed by atoms with E-state index in [1.165, 1.54) is 24.3 Å². The van der Waals surface area contributed by atoms with Crippen molar-refractivity contribution >= 4 is 21.7 Å². The second-order valence-corrected chi connectivity index (χ2v) is 3.19. The third kappa shape index (κ3) is 2.38. The van der Waals surface area contributed by atoms with E-state index in [-0.39, 0.29) is 11.3 Å². The standard InChI is InChI=1S/C10H6BrFO/c1-2-3-10(13)8-6-7(12)4-5-9(8)11/h3-6H,1H2. The maximum atomic E-state index is 12.7. The molecule has 0 radical (unpaired) electrons. The molecular weight excluding hydrogens is 235 g/mol. The van der Waals surface area contributed by atoms with Gasteiger partial charge in [0.25, 0.3) is 0 Å². The van der Waals surface area contributed by atoms with Crippen molar-refractivity contribution in [3.8, 4) is 0 Å². The molecule has 0 aliphatic heterocycles. The molecule has 0 atom stereocenters. The topological polar surface area (TPSA) is 17.1 Å². The van der Waals surface area contributed by atoms with Crippen LogP contribution in [0.1, 0.15) is 10.4 Å². The first-order valence-electron chi connectivity index (χ1n) is 3.50. The first-order valence-corrected chi connectivity index (χ1v) is 4.29. The SMILES string of the molecule is C=C=CC(=O)c1cc(F)ccc1Br. The van der Waals surface area contributed by atoms with Crippen LogP contribution in [0.25, 0.3) is 0 Å². The van der Waals surface area contributed by atoms with Crippen molar-refractivity contribution in [2.75, 3.05) is 0 Å². The van der Waals surface area contributed by atoms with Gasteiger partial charge in [0.05, 0.1) is 0 Å². The van der Waals surface area contributed by atoms with Crippen molar-refractivity contribution in [3.63, 3.8) is 0 Å². The highest BCUT2D eigenvalue weighted by Gasteiger charge is 2.07. The molecule has 0 aromatic heterocycles. The van der Waals surface area contributed by atoms with Gasteiger partial charge in [-0.2, -0.15) is 0 Å². The molecule has 0 aliphatic carbocycles. The summed E-state index contributed by atoms with van der Waals surface area (Å²) in [6.07, 6.45) is 1.17. The summed E-state index contributed by atoms with van der Waals surface area (Å²) in [6, 6.07) is 3.93. The number of allylic oxidation sites excluding steroid dienone is 1. The minimum atomic E-state index is -0.441. The Hall–Kier alpha value is -1.18. The van der Waals surface area contributed by atoms with Crippen molar-refractivity contribution in [3.05, 3.63) is 52.4 Å². The molecule has 0 bridgehead atoms. The van der Waals surface area contributed by atoms with Gasteiger partial charge < -0.3 is 0 Å². The predicted molar refractivity (Wildman–Crippen MR) is 52.1 cm³/mol. The molecule has 0 saturated heterocycles. The van der Waals surface area contributed by atoms with E-state index in [1.54, 1.807) is 0 Å². The third-order valence-electron chi connectivity index (χ3n) is 1.43. The van der Waals surface area contributed by atoms with Crippen LogP contribution in [0.4, 0.5) is 4.39 Å². The Labute approximate surface area is 83.7 Å². The van der Waals surface area contributed by atoms with Gasteiger partial charge in [-0.05, 0) is 18.2 Å². The number of benzene rings is 1. The quantitative estimate of drug-likeness (QED) is 0.441. The molecule has 0 spiro atoms. The minimum Gasteiger partial charge on any atom is -0.289 e. The van der Waals surface area contributed by atoms with Gasteiger partial charge in [-0.15, -0.1) is 5.73 Å². The molecule has 3 heteroatoms. The van der Waals surface area contributed by atoms with E-state index in [9.17, 15) is 9.18 Å². The molecular formula is C10H6BrFO. The summed E-state index contributed by atoms with van der Waals surface area (Å²) in [5, 5.41) is 0. The summed E-state index contributed by atoms with van der Waals surface area (Å²) in [5.74, 6) is -0.759. The molecule has 0 saturated carbocycles. The lowest BCUT2D eigenvalue weighted by Crippen LogP contribution is -1.95. The Bertz CT molecular complexity index is 392. The first kappa shape index (κ1) is 9.90. The smallest absolute Gasteiger partial charge is 0.194 e. The highest BCUT2D eigenvalue weighted by molar-refractivity contribution is 9.10. The summed E-state index contributed by atoms with van der Waals surface area (Å²) in [6.45, 7) is 3.27. The van der Waals surface area contributed by atoms with Crippen LogP contribution in [-0.4, -0.2) is 5.78 Å². The molecule has 1 aromatic carbocycles. The monoisotopic (exact) mass is 240 g/mol. The zero-order valence-corrected chi connectivity index (χ0v) is 8.27. The van der Waals surface area contributed by atoms with E-state index in [4.69, 9.17) is 0 Å². The van der Waals surface area contributed by atoms with Gasteiger partial charge >= 0.3 is 0 Å². The van der Waals surface area contributed by atoms with Crippen LogP contribution in [0.15, 0.2) is 41.1 Å². The number of halogens is 2. The Morgan fingerprint density at radius 1 is 1.62 bits per heavy atom. The Morgan fingerprint density at radius 2 is 2.31 bits per heavy atom. The van der Waals surface area contributed by atoms with Crippen LogP contribution in [0.3, 0.4) is 0 Å². The van der Waals surface area contributed by atoms with E-state index < -0.39 is 5.82 Å². The Kier molecular flexibility index (Phi) is 3.18. The van der Waals surface area contributed by atoms with Gasteiger partial charge in [0.1, 0.15) is 5.82 Å². The van der Waals surface area contributed by atoms with Gasteiger partial charge in [0.15, 0.2) is 5.78 Å². The van der Waals surface area contributed by atoms with E-state index in [2.05, 4.69) is 28.2 Å². The van der Waals surface area contributed by atoms with Crippen LogP contribution in [0.5, 0.6) is 0 Å². The molecule has 66 valence electrons. The molecule has 1 rings (SSSR count). The average molecular weight is 241 g/mol. The second-order valence-electron chi connectivity index (χ2n) is 2.34. The summed E-state index contributed by atoms with van der Waals surface area (Å²) < 4.78 is 13.3. The maximum absolute atomic E-state index is 12.7. The molecule has 0 fully saturated rings. The molecule has 0 heterocycles. The van der Waals surface area contributed by atoms with E-state index >= 15 is 0 Å². The van der Waals surface area contributed by atoms with Gasteiger partial charge in [-0.25, -0.2) is 4.39 Å². The number of hydrogen-bond donors (Lipinski definition) is 0. The Balaban J connectivity index is 3.20. The average Bonchev–Trinajstić information content (AvgIpc) is 2.09. The lowest BCUT2D eigenvalue weighted by molar-refractivity contribution is 0.104. The summed E-state index contributed by atoms with van der Waals surface area (Å²) in [7, 11) is 0. The molecule has 0 amide bonds. The molecule has 1 aromatic rings. The largest absolute Gasteiger partial charge is 0.289 e. The lowest BCUT2D eigenvalue weighted by atomic mass is 10.1. The first-order chi connectivity index (χ1) is 6.15. The number of hydrogen-bond acceptors (Lipinski definition) is 1. The summed E-state index contributed by atoms with van der Waals surface area (Å²) in [4.78, 5) is 11.3. The number of carbonyl (C=O) groups excluding carboxylic acids is 1. The third-order valence-corrected chi connectivity index (χ3v) is 2.12. The summed E-state index contributed by atoms with van der Waals surface area (Å²) >= 11 is 3.15. The van der Waals surface area contributed by atoms with Crippen molar-refractivity contribution in [1.29, 1.82) is 0 Å². The minimum absolute atomic E-state index is 0.274. The van der Waals surface area contributed by atoms with E-state index in [1.807, 2.05) is 0 Å². The number of ketones is 1. The number of rotatable bonds is 2. The zero-order valence-electron chi connectivity index (χ0n) is 6.68. The fourth-order valence-electron chi connectivity index (χ4n) is 0.857. The van der Waals surface area contributed by atoms with Crippen LogP contribution in [0.2, 0.25) is 0 Å². The molecule has 0 unspecified atom stereocenters. The molecule has 0 N–H and O–H groups in total. The fraction of sp³-hybridized carbons (Fsp3) is 0. The van der Waals surface area contributed by atoms with Gasteiger partial charge in [0.2, 0.25) is 0 Å². The van der Waals surface area contributed by atoms with Crippen molar-refractivity contribution in [2.45, 2.75) is 0 Å². The van der Waals surface area contributed by atoms with Crippen molar-refractivity contribution in [1.82, 2.24) is 0 Å². The highest BCUT2D eigenvalue weighted by Crippen LogP contribution is 2.18. The second kappa shape index (κ2) is 4.17. The number of carbonyl (C=O) groups is 1. The molecule has 1 nitrogen and oxygen atoms in total. The van der Waals surface area contributed by atoms with E-state index in [0.29, 0.717) is 4.47 Å². The predicted octanol–water partition coefficient (Wildman–Crippen LogP) is 3.11. The van der Waals surface area contributed by atoms with E-state index in [0.717, 1.165) is 0 Å². The zero-order chi connectivity index (χ0) is 9.84. The van der Waals surface area contributed by atoms with Gasteiger partial charge in [0, 0.05) is 16.1 Å². The van der Waals surface area contributed by atoms with Gasteiger partial charge in [-0.1, -0.05) is 22.5 Å². The summed E-state index contributed by atoms with van der Waals surface area (Å²) in [5.41, 5.74) is 2.62. The molecule has 0 aliphatic rings. The Morgan fingerprint density at radius 3 is 2.92 bits per heavy atom. The maximum Gasteiger partial charge on any atom is 0.194 e. The van der Waals surface area contributed by atoms with Gasteiger partial charge in [-0.3, -0.25) is 4.79 Å². The highest BCUT2D eigenvalue weighted by atomic mass is 79.9. The van der Waals surface area contributed by atoms with Crippen LogP contribution in [0, 0.1) is 5.82 Å². The van der Waals surface area contributed by atoms with Crippen molar-refractivity contribution < 1.29 is 9.18 Å². The van der Waals surface area contributed by atoms with Crippen LogP contribution >= 0.6 is 15.9 Å². The lowest BCUT2D eigenvalue weighted by Gasteiger charge is -1.98. The molecule has 13 heavy (non-hydrogen) atoms. The van der Waals surface area contributed by atoms with Crippen LogP contribution in [-0.2, 0) is 0 Å². The normalized spacial score (nSPS) is 9.08.